The number of ether oxygens (including phenoxy) is 1. The van der Waals surface area contributed by atoms with Gasteiger partial charge in [-0.25, -0.2) is 4.79 Å². The van der Waals surface area contributed by atoms with Crippen molar-refractivity contribution < 1.29 is 28.5 Å². The Morgan fingerprint density at radius 1 is 1.22 bits per heavy atom. The maximum atomic E-state index is 12.5. The first-order valence-electron chi connectivity index (χ1n) is 12.3. The van der Waals surface area contributed by atoms with E-state index in [2.05, 4.69) is 44.5 Å². The van der Waals surface area contributed by atoms with Crippen molar-refractivity contribution in [2.75, 3.05) is 6.54 Å². The Labute approximate surface area is 223 Å². The number of benzene rings is 1. The van der Waals surface area contributed by atoms with Crippen LogP contribution in [0.25, 0.3) is 0 Å². The van der Waals surface area contributed by atoms with Gasteiger partial charge in [0.1, 0.15) is 12.4 Å². The van der Waals surface area contributed by atoms with E-state index in [1.165, 1.54) is 43.0 Å². The highest BCUT2D eigenvalue weighted by Gasteiger charge is 2.51. The van der Waals surface area contributed by atoms with Crippen molar-refractivity contribution in [1.82, 2.24) is 10.6 Å². The topological polar surface area (TPSA) is 137 Å². The quantitative estimate of drug-likeness (QED) is 0.168. The predicted octanol–water partition coefficient (Wildman–Crippen LogP) is 4.43. The summed E-state index contributed by atoms with van der Waals surface area (Å²) < 4.78 is 11.6. The van der Waals surface area contributed by atoms with E-state index in [4.69, 9.17) is 9.16 Å². The van der Waals surface area contributed by atoms with Gasteiger partial charge in [-0.3, -0.25) is 19.7 Å². The molecule has 1 aromatic carbocycles. The first-order chi connectivity index (χ1) is 17.0. The number of nitro benzene ring substituents is 1. The molecule has 0 spiro atoms. The minimum Gasteiger partial charge on any atom is -0.445 e. The monoisotopic (exact) mass is 553 g/mol. The molecule has 2 amide bonds. The van der Waals surface area contributed by atoms with Gasteiger partial charge < -0.3 is 19.8 Å². The zero-order valence-corrected chi connectivity index (χ0v) is 24.6. The number of carbonyl (C=O) groups is 3. The van der Waals surface area contributed by atoms with Crippen LogP contribution in [0.5, 0.6) is 0 Å². The number of rotatable bonds is 12. The van der Waals surface area contributed by atoms with Gasteiger partial charge in [-0.05, 0) is 49.7 Å². The number of thioether (sulfide) groups is 1. The molecule has 0 aliphatic carbocycles. The predicted molar refractivity (Wildman–Crippen MR) is 146 cm³/mol. The molecule has 206 valence electrons. The van der Waals surface area contributed by atoms with Crippen LogP contribution in [0, 0.1) is 16.0 Å². The number of alkyl carbamates (subject to hydrolysis) is 1. The summed E-state index contributed by atoms with van der Waals surface area (Å²) in [5.41, 5.74) is 0.588. The maximum Gasteiger partial charge on any atom is 0.407 e. The summed E-state index contributed by atoms with van der Waals surface area (Å²) >= 11 is 1.40. The molecule has 5 atom stereocenters. The molecule has 1 saturated heterocycles. The van der Waals surface area contributed by atoms with Crippen molar-refractivity contribution in [2.45, 2.75) is 88.9 Å². The molecule has 1 fully saturated rings. The highest BCUT2D eigenvalue weighted by Crippen LogP contribution is 2.40. The fraction of sp³-hybridized carbons (Fsp3) is 0.640. The normalized spacial score (nSPS) is 20.2. The number of ketones is 1. The third-order valence-corrected chi connectivity index (χ3v) is 13.1. The summed E-state index contributed by atoms with van der Waals surface area (Å²) in [5.74, 6) is -0.571. The summed E-state index contributed by atoms with van der Waals surface area (Å²) in [5, 5.41) is 15.7. The molecule has 1 heterocycles. The number of nitro groups is 1. The number of amides is 2. The number of carbonyl (C=O) groups excluding carboxylic acids is 3. The third-order valence-electron chi connectivity index (χ3n) is 6.95. The molecule has 2 rings (SSSR count). The standard InChI is InChI=1S/C25H39N3O7SSi/c1-15(13-26-24(31)34-14-18-9-11-19(12-10-18)28(32)33)36-22(16(2)29)21-20(23(30)27-21)17(3)35-37(7,8)25(4,5)6/h9-12,15,17,20-22H,13-14H2,1-8H3,(H,26,31)(H,27,30)/t15-,17-,20-,21-,22?/m1/s1. The van der Waals surface area contributed by atoms with Gasteiger partial charge in [0.25, 0.3) is 5.69 Å². The van der Waals surface area contributed by atoms with E-state index in [0.717, 1.165) is 0 Å². The van der Waals surface area contributed by atoms with Crippen molar-refractivity contribution in [3.05, 3.63) is 39.9 Å². The average Bonchev–Trinajstić information content (AvgIpc) is 2.77. The van der Waals surface area contributed by atoms with Gasteiger partial charge in [0.2, 0.25) is 5.91 Å². The highest BCUT2D eigenvalue weighted by atomic mass is 32.2. The SMILES string of the molecule is CC(=O)C(S[C@H](C)CNC(=O)OCc1ccc([N+](=O)[O-])cc1)[C@@H]1NC(=O)[C@@H]1[C@@H](C)O[Si](C)(C)C(C)(C)C. The summed E-state index contributed by atoms with van der Waals surface area (Å²) in [4.78, 5) is 47.4. The van der Waals surface area contributed by atoms with Crippen molar-refractivity contribution in [3.8, 4) is 0 Å². The van der Waals surface area contributed by atoms with Crippen LogP contribution in [0.4, 0.5) is 10.5 Å². The van der Waals surface area contributed by atoms with Crippen LogP contribution in [0.1, 0.15) is 47.1 Å². The Bertz CT molecular complexity index is 997. The number of non-ortho nitro benzene ring substituents is 1. The lowest BCUT2D eigenvalue weighted by atomic mass is 9.83. The number of hydrogen-bond acceptors (Lipinski definition) is 8. The zero-order valence-electron chi connectivity index (χ0n) is 22.8. The fourth-order valence-corrected chi connectivity index (χ4v) is 6.48. The Kier molecular flexibility index (Phi) is 10.3. The molecule has 2 N–H and O–H groups in total. The molecule has 0 radical (unpaired) electrons. The number of nitrogens with zero attached hydrogens (tertiary/aromatic N) is 1. The lowest BCUT2D eigenvalue weighted by molar-refractivity contribution is -0.384. The minimum absolute atomic E-state index is 0.00102. The van der Waals surface area contributed by atoms with Crippen LogP contribution >= 0.6 is 11.8 Å². The molecule has 10 nitrogen and oxygen atoms in total. The number of β-lactam (4-membered cyclic amide) rings is 1. The summed E-state index contributed by atoms with van der Waals surface area (Å²) in [7, 11) is -2.10. The van der Waals surface area contributed by atoms with Crippen LogP contribution < -0.4 is 10.6 Å². The second kappa shape index (κ2) is 12.4. The number of hydrogen-bond donors (Lipinski definition) is 2. The Morgan fingerprint density at radius 3 is 2.30 bits per heavy atom. The second-order valence-corrected chi connectivity index (χ2v) is 17.3. The highest BCUT2D eigenvalue weighted by molar-refractivity contribution is 8.01. The van der Waals surface area contributed by atoms with Crippen LogP contribution in [-0.4, -0.2) is 60.2 Å². The molecule has 0 aromatic heterocycles. The first-order valence-corrected chi connectivity index (χ1v) is 16.2. The Hall–Kier alpha value is -2.44. The smallest absolute Gasteiger partial charge is 0.407 e. The van der Waals surface area contributed by atoms with Gasteiger partial charge in [-0.2, -0.15) is 0 Å². The van der Waals surface area contributed by atoms with Gasteiger partial charge in [0, 0.05) is 23.9 Å². The minimum atomic E-state index is -2.10. The molecule has 1 unspecified atom stereocenters. The van der Waals surface area contributed by atoms with E-state index in [-0.39, 0.29) is 53.0 Å². The number of nitrogens with one attached hydrogen (secondary N) is 2. The van der Waals surface area contributed by atoms with Crippen LogP contribution in [0.15, 0.2) is 24.3 Å². The van der Waals surface area contributed by atoms with E-state index in [0.29, 0.717) is 5.56 Å². The van der Waals surface area contributed by atoms with Gasteiger partial charge in [0.15, 0.2) is 8.32 Å². The van der Waals surface area contributed by atoms with Crippen molar-refractivity contribution >= 4 is 43.6 Å². The molecule has 1 aliphatic heterocycles. The molecule has 1 aromatic rings. The lowest BCUT2D eigenvalue weighted by Gasteiger charge is -2.47. The van der Waals surface area contributed by atoms with Gasteiger partial charge in [-0.15, -0.1) is 11.8 Å². The van der Waals surface area contributed by atoms with E-state index >= 15 is 0 Å². The first kappa shape index (κ1) is 30.8. The molecular formula is C25H39N3O7SSi. The zero-order chi connectivity index (χ0) is 28.1. The van der Waals surface area contributed by atoms with Crippen molar-refractivity contribution in [1.29, 1.82) is 0 Å². The molecule has 37 heavy (non-hydrogen) atoms. The van der Waals surface area contributed by atoms with Gasteiger partial charge in [-0.1, -0.05) is 27.7 Å². The molecule has 1 aliphatic rings. The van der Waals surface area contributed by atoms with Gasteiger partial charge >= 0.3 is 6.09 Å². The summed E-state index contributed by atoms with van der Waals surface area (Å²) in [6.45, 7) is 16.3. The molecular weight excluding hydrogens is 514 g/mol. The van der Waals surface area contributed by atoms with Crippen molar-refractivity contribution in [3.63, 3.8) is 0 Å². The van der Waals surface area contributed by atoms with Gasteiger partial charge in [0.05, 0.1) is 28.2 Å². The number of Topliss-reactive ketones (excluding diaryl/α,β-unsaturated/α-hetero) is 1. The molecule has 0 saturated carbocycles. The van der Waals surface area contributed by atoms with Crippen molar-refractivity contribution in [2.24, 2.45) is 5.92 Å². The van der Waals surface area contributed by atoms with E-state index in [1.807, 2.05) is 13.8 Å². The largest absolute Gasteiger partial charge is 0.445 e. The fourth-order valence-electron chi connectivity index (χ4n) is 3.77. The second-order valence-electron chi connectivity index (χ2n) is 11.0. The third kappa shape index (κ3) is 8.27. The summed E-state index contributed by atoms with van der Waals surface area (Å²) in [6, 6.07) is 5.41. The lowest BCUT2D eigenvalue weighted by Crippen LogP contribution is -2.68. The van der Waals surface area contributed by atoms with Crippen LogP contribution in [0.2, 0.25) is 18.1 Å². The van der Waals surface area contributed by atoms with E-state index in [9.17, 15) is 24.5 Å². The Morgan fingerprint density at radius 2 is 1.81 bits per heavy atom. The van der Waals surface area contributed by atoms with Crippen LogP contribution in [-0.2, 0) is 25.4 Å². The Balaban J connectivity index is 1.89. The maximum absolute atomic E-state index is 12.5. The van der Waals surface area contributed by atoms with E-state index < -0.39 is 30.5 Å². The summed E-state index contributed by atoms with van der Waals surface area (Å²) in [6.07, 6.45) is -0.943. The van der Waals surface area contributed by atoms with Crippen LogP contribution in [0.3, 0.4) is 0 Å². The van der Waals surface area contributed by atoms with E-state index in [1.54, 1.807) is 0 Å². The molecule has 0 bridgehead atoms. The average molecular weight is 554 g/mol. The molecule has 12 heteroatoms.